The van der Waals surface area contributed by atoms with Crippen molar-refractivity contribution in [3.05, 3.63) is 387 Å². The van der Waals surface area contributed by atoms with E-state index in [0.29, 0.717) is 0 Å². The number of anilines is 9. The molecule has 0 saturated heterocycles. The lowest BCUT2D eigenvalue weighted by Gasteiger charge is -2.46. The third-order valence-electron chi connectivity index (χ3n) is 23.0. The van der Waals surface area contributed by atoms with Gasteiger partial charge in [0.1, 0.15) is 0 Å². The second-order valence-corrected chi connectivity index (χ2v) is 31.6. The fourth-order valence-electron chi connectivity index (χ4n) is 17.7. The van der Waals surface area contributed by atoms with Gasteiger partial charge in [-0.05, 0) is 175 Å². The number of benzene rings is 16. The highest BCUT2D eigenvalue weighted by Gasteiger charge is 2.46. The zero-order valence-electron chi connectivity index (χ0n) is 62.6. The molecular weight excluding hydrogens is 1330 g/mol. The van der Waals surface area contributed by atoms with Crippen LogP contribution in [0.4, 0.5) is 51.2 Å². The summed E-state index contributed by atoms with van der Waals surface area (Å²) in [5.74, 6) is 0. The van der Waals surface area contributed by atoms with Crippen LogP contribution in [0.3, 0.4) is 0 Å². The summed E-state index contributed by atoms with van der Waals surface area (Å²) in [6.45, 7) is 13.7. The molecule has 0 saturated carbocycles. The number of para-hydroxylation sites is 6. The minimum Gasteiger partial charge on any atom is -0.310 e. The van der Waals surface area contributed by atoms with Crippen molar-refractivity contribution in [1.29, 1.82) is 0 Å². The average molecular weight is 1410 g/mol. The van der Waals surface area contributed by atoms with Gasteiger partial charge in [-0.3, -0.25) is 0 Å². The SMILES string of the molecule is CC(C)(C)c1cccc(-c2ccc3c(c2)N(c2c(-c4ccccc4)cccc2-c2ccccc2)c2cc(N(c4ccccc4)c4ccc(-n5c6ccccc6c6ccccc65)cc4)cc4c2B3c2ccc(-n3c5ccccc5c5ccccc53)cc2N4c2c(-c3ccccc3)cc(C(C)(C)C)cc2-c2ccccc2)c1. The van der Waals surface area contributed by atoms with Crippen LogP contribution in [-0.4, -0.2) is 15.8 Å². The lowest BCUT2D eigenvalue weighted by Crippen LogP contribution is -2.61. The summed E-state index contributed by atoms with van der Waals surface area (Å²) in [6, 6.07) is 141. The van der Waals surface area contributed by atoms with Gasteiger partial charge in [0.15, 0.2) is 0 Å². The first kappa shape index (κ1) is 66.1. The highest BCUT2D eigenvalue weighted by molar-refractivity contribution is 7.00. The van der Waals surface area contributed by atoms with E-state index in [2.05, 4.69) is 441 Å². The summed E-state index contributed by atoms with van der Waals surface area (Å²) < 4.78 is 4.92. The molecule has 2 aromatic heterocycles. The molecule has 0 bridgehead atoms. The average Bonchev–Trinajstić information content (AvgIpc) is 0.820. The van der Waals surface area contributed by atoms with Crippen LogP contribution >= 0.6 is 0 Å². The van der Waals surface area contributed by atoms with Crippen molar-refractivity contribution in [2.24, 2.45) is 0 Å². The fourth-order valence-corrected chi connectivity index (χ4v) is 17.7. The standard InChI is InChI=1S/C104H80BN5/c1-103(2,3)75-41-30-40-73(62-75)74-54-60-90-96(63-74)109(101-82(69-32-12-7-13-33-69)48-31-49-83(101)70-34-14-8-15-35-70)98-67-81(106(77-42-20-11-21-43-77)78-55-57-79(58-56-78)107-92-50-26-22-44-84(92)85-45-23-27-51-93(85)107)68-99-100(98)105(90)91-61-59-80(108-94-52-28-24-46-86(94)87-47-25-29-53-95(87)108)66-97(91)110(99)102-88(71-36-16-9-17-37-71)64-76(104(4,5)6)65-89(102)72-38-18-10-19-39-72/h7-68H,1-6H3. The Bertz CT molecular complexity index is 6380. The molecule has 0 radical (unpaired) electrons. The molecular formula is C104H80BN5. The van der Waals surface area contributed by atoms with Crippen molar-refractivity contribution < 1.29 is 0 Å². The molecule has 0 amide bonds. The van der Waals surface area contributed by atoms with E-state index in [1.54, 1.807) is 0 Å². The molecule has 0 aliphatic carbocycles. The highest BCUT2D eigenvalue weighted by Crippen LogP contribution is 2.56. The molecule has 18 aromatic rings. The Hall–Kier alpha value is -13.4. The van der Waals surface area contributed by atoms with Crippen molar-refractivity contribution in [1.82, 2.24) is 9.13 Å². The third kappa shape index (κ3) is 11.0. The molecule has 524 valence electrons. The van der Waals surface area contributed by atoms with E-state index in [1.165, 1.54) is 65.7 Å². The minimum atomic E-state index is -0.289. The summed E-state index contributed by atoms with van der Waals surface area (Å²) in [6.07, 6.45) is 0. The van der Waals surface area contributed by atoms with Crippen molar-refractivity contribution in [3.63, 3.8) is 0 Å². The monoisotopic (exact) mass is 1410 g/mol. The molecule has 2 aliphatic heterocycles. The van der Waals surface area contributed by atoms with Gasteiger partial charge in [-0.1, -0.05) is 315 Å². The molecule has 110 heavy (non-hydrogen) atoms. The second-order valence-electron chi connectivity index (χ2n) is 31.6. The predicted molar refractivity (Wildman–Crippen MR) is 468 cm³/mol. The largest absolute Gasteiger partial charge is 0.310 e. The van der Waals surface area contributed by atoms with Gasteiger partial charge >= 0.3 is 0 Å². The first-order valence-electron chi connectivity index (χ1n) is 38.5. The third-order valence-corrected chi connectivity index (χ3v) is 23.0. The second kappa shape index (κ2) is 26.2. The van der Waals surface area contributed by atoms with Crippen LogP contribution < -0.4 is 31.1 Å². The molecule has 4 heterocycles. The number of nitrogens with zero attached hydrogens (tertiary/aromatic N) is 5. The quantitative estimate of drug-likeness (QED) is 0.114. The van der Waals surface area contributed by atoms with E-state index in [-0.39, 0.29) is 17.5 Å². The van der Waals surface area contributed by atoms with Gasteiger partial charge in [0.25, 0.3) is 6.71 Å². The topological polar surface area (TPSA) is 19.6 Å². The van der Waals surface area contributed by atoms with Crippen LogP contribution in [0.5, 0.6) is 0 Å². The Morgan fingerprint density at radius 1 is 0.245 bits per heavy atom. The molecule has 5 nitrogen and oxygen atoms in total. The molecule has 0 N–H and O–H groups in total. The van der Waals surface area contributed by atoms with E-state index in [9.17, 15) is 0 Å². The van der Waals surface area contributed by atoms with Crippen molar-refractivity contribution in [3.8, 4) is 67.0 Å². The molecule has 0 fully saturated rings. The maximum atomic E-state index is 2.72. The summed E-state index contributed by atoms with van der Waals surface area (Å²) in [4.78, 5) is 7.92. The Kier molecular flexibility index (Phi) is 15.7. The van der Waals surface area contributed by atoms with E-state index >= 15 is 0 Å². The highest BCUT2D eigenvalue weighted by atomic mass is 15.2. The van der Waals surface area contributed by atoms with E-state index in [0.717, 1.165) is 124 Å². The van der Waals surface area contributed by atoms with E-state index < -0.39 is 0 Å². The van der Waals surface area contributed by atoms with E-state index in [4.69, 9.17) is 0 Å². The summed E-state index contributed by atoms with van der Waals surface area (Å²) in [5.41, 5.74) is 33.6. The lowest BCUT2D eigenvalue weighted by molar-refractivity contribution is 0.590. The Morgan fingerprint density at radius 3 is 1.08 bits per heavy atom. The first-order valence-corrected chi connectivity index (χ1v) is 38.5. The number of hydrogen-bond acceptors (Lipinski definition) is 3. The van der Waals surface area contributed by atoms with Crippen molar-refractivity contribution in [2.45, 2.75) is 52.4 Å². The first-order chi connectivity index (χ1) is 53.9. The molecule has 0 atom stereocenters. The number of hydrogen-bond donors (Lipinski definition) is 0. The maximum Gasteiger partial charge on any atom is 0.252 e. The van der Waals surface area contributed by atoms with Gasteiger partial charge in [0.2, 0.25) is 0 Å². The fraction of sp³-hybridized carbons (Fsp3) is 0.0769. The normalized spacial score (nSPS) is 12.6. The zero-order chi connectivity index (χ0) is 73.9. The number of aromatic nitrogens is 2. The van der Waals surface area contributed by atoms with Crippen LogP contribution in [0, 0.1) is 0 Å². The van der Waals surface area contributed by atoms with Crippen LogP contribution in [0.15, 0.2) is 376 Å². The number of rotatable bonds is 12. The van der Waals surface area contributed by atoms with Crippen LogP contribution in [0.2, 0.25) is 0 Å². The minimum absolute atomic E-state index is 0.0826. The van der Waals surface area contributed by atoms with Crippen LogP contribution in [-0.2, 0) is 10.8 Å². The molecule has 0 spiro atoms. The Labute approximate surface area is 644 Å². The molecule has 20 rings (SSSR count). The smallest absolute Gasteiger partial charge is 0.252 e. The van der Waals surface area contributed by atoms with E-state index in [1.807, 2.05) is 0 Å². The Morgan fingerprint density at radius 2 is 0.609 bits per heavy atom. The van der Waals surface area contributed by atoms with Gasteiger partial charge in [-0.15, -0.1) is 0 Å². The van der Waals surface area contributed by atoms with Crippen LogP contribution in [0.1, 0.15) is 52.7 Å². The van der Waals surface area contributed by atoms with Crippen molar-refractivity contribution >= 4 is 118 Å². The number of fused-ring (bicyclic) bond motifs is 10. The summed E-state index contributed by atoms with van der Waals surface area (Å²) >= 11 is 0. The molecule has 2 aliphatic rings. The molecule has 6 heteroatoms. The van der Waals surface area contributed by atoms with Gasteiger partial charge < -0.3 is 23.8 Å². The van der Waals surface area contributed by atoms with Gasteiger partial charge in [-0.25, -0.2) is 0 Å². The molecule has 16 aromatic carbocycles. The van der Waals surface area contributed by atoms with Crippen LogP contribution in [0.25, 0.3) is 111 Å². The lowest BCUT2D eigenvalue weighted by atomic mass is 9.33. The van der Waals surface area contributed by atoms with Crippen molar-refractivity contribution in [2.75, 3.05) is 14.7 Å². The Balaban J connectivity index is 0.965. The van der Waals surface area contributed by atoms with Gasteiger partial charge in [-0.2, -0.15) is 0 Å². The maximum absolute atomic E-state index is 2.72. The molecule has 0 unspecified atom stereocenters. The summed E-state index contributed by atoms with van der Waals surface area (Å²) in [7, 11) is 0. The summed E-state index contributed by atoms with van der Waals surface area (Å²) in [5, 5.41) is 4.89. The predicted octanol–water partition coefficient (Wildman–Crippen LogP) is 26.4. The zero-order valence-corrected chi connectivity index (χ0v) is 62.6. The van der Waals surface area contributed by atoms with Gasteiger partial charge in [0, 0.05) is 89.3 Å². The van der Waals surface area contributed by atoms with Gasteiger partial charge in [0.05, 0.1) is 39.1 Å².